The number of para-hydroxylation sites is 1. The number of thiophene rings is 1. The smallest absolute Gasteiger partial charge is 0.162 e. The van der Waals surface area contributed by atoms with Crippen molar-refractivity contribution >= 4 is 22.8 Å². The molecule has 0 saturated carbocycles. The number of carbonyl (C=O) groups is 1. The number of nitriles is 1. The fraction of sp³-hybridized carbons (Fsp3) is 0.273. The third kappa shape index (κ3) is 2.83. The van der Waals surface area contributed by atoms with E-state index < -0.39 is 11.7 Å². The van der Waals surface area contributed by atoms with E-state index in [0.29, 0.717) is 24.1 Å². The molecule has 0 radical (unpaired) electrons. The zero-order valence-electron chi connectivity index (χ0n) is 15.7. The Bertz CT molecular complexity index is 1060. The summed E-state index contributed by atoms with van der Waals surface area (Å²) < 4.78 is 14.7. The fourth-order valence-electron chi connectivity index (χ4n) is 4.19. The number of nitrogens with two attached hydrogens (primary N) is 1. The number of nitrogens with zero attached hydrogens (tertiary/aromatic N) is 2. The van der Waals surface area contributed by atoms with Crippen LogP contribution in [0.4, 0.5) is 10.1 Å². The second-order valence-corrected chi connectivity index (χ2v) is 8.77. The largest absolute Gasteiger partial charge is 0.384 e. The summed E-state index contributed by atoms with van der Waals surface area (Å²) in [5.41, 5.74) is 8.84. The third-order valence-corrected chi connectivity index (χ3v) is 6.05. The van der Waals surface area contributed by atoms with Crippen LogP contribution in [0.25, 0.3) is 0 Å². The lowest BCUT2D eigenvalue weighted by Gasteiger charge is -2.43. The monoisotopic (exact) mass is 393 g/mol. The lowest BCUT2D eigenvalue weighted by molar-refractivity contribution is -0.118. The molecule has 1 aromatic carbocycles. The van der Waals surface area contributed by atoms with Crippen molar-refractivity contribution in [2.24, 2.45) is 11.1 Å². The molecule has 1 aromatic heterocycles. The lowest BCUT2D eigenvalue weighted by atomic mass is 9.69. The molecule has 0 saturated heterocycles. The predicted octanol–water partition coefficient (Wildman–Crippen LogP) is 4.83. The molecule has 4 nitrogen and oxygen atoms in total. The minimum atomic E-state index is -0.502. The molecule has 1 aliphatic heterocycles. The molecule has 2 aliphatic rings. The Morgan fingerprint density at radius 2 is 2.04 bits per heavy atom. The van der Waals surface area contributed by atoms with Crippen molar-refractivity contribution in [1.82, 2.24) is 0 Å². The average molecular weight is 393 g/mol. The van der Waals surface area contributed by atoms with Crippen molar-refractivity contribution in [2.45, 2.75) is 32.6 Å². The summed E-state index contributed by atoms with van der Waals surface area (Å²) in [6, 6.07) is 10.4. The number of rotatable bonds is 2. The van der Waals surface area contributed by atoms with Gasteiger partial charge in [-0.1, -0.05) is 26.0 Å². The van der Waals surface area contributed by atoms with Crippen LogP contribution in [0.3, 0.4) is 0 Å². The van der Waals surface area contributed by atoms with E-state index >= 15 is 0 Å². The molecule has 2 aromatic rings. The first-order valence-electron chi connectivity index (χ1n) is 9.07. The number of allylic oxidation sites excluding steroid dienone is 3. The van der Waals surface area contributed by atoms with Gasteiger partial charge in [0.05, 0.1) is 23.2 Å². The minimum Gasteiger partial charge on any atom is -0.384 e. The maximum absolute atomic E-state index is 14.7. The molecular weight excluding hydrogens is 373 g/mol. The second-order valence-electron chi connectivity index (χ2n) is 7.99. The van der Waals surface area contributed by atoms with E-state index in [-0.39, 0.29) is 28.3 Å². The highest BCUT2D eigenvalue weighted by molar-refractivity contribution is 7.08. The first-order valence-corrected chi connectivity index (χ1v) is 10.0. The number of hydrogen-bond donors (Lipinski definition) is 1. The zero-order chi connectivity index (χ0) is 20.1. The van der Waals surface area contributed by atoms with Crippen LogP contribution < -0.4 is 10.6 Å². The highest BCUT2D eigenvalue weighted by Crippen LogP contribution is 2.50. The van der Waals surface area contributed by atoms with Crippen molar-refractivity contribution in [3.05, 3.63) is 75.1 Å². The zero-order valence-corrected chi connectivity index (χ0v) is 16.5. The van der Waals surface area contributed by atoms with E-state index in [4.69, 9.17) is 5.73 Å². The molecule has 0 amide bonds. The number of benzene rings is 1. The molecule has 1 aliphatic carbocycles. The standard InChI is InChI=1S/C22H20FN3OS/c1-22(2)9-17-20(18(27)10-22)19(13-7-8-28-12-13)14(11-24)21(25)26(17)16-6-4-3-5-15(16)23/h3-8,12,19H,9-10,25H2,1-2H3. The summed E-state index contributed by atoms with van der Waals surface area (Å²) in [6.45, 7) is 4.04. The van der Waals surface area contributed by atoms with E-state index in [1.165, 1.54) is 17.4 Å². The Hall–Kier alpha value is -2.91. The third-order valence-electron chi connectivity index (χ3n) is 5.35. The van der Waals surface area contributed by atoms with Crippen LogP contribution in [-0.2, 0) is 4.79 Å². The van der Waals surface area contributed by atoms with Gasteiger partial charge in [0.15, 0.2) is 5.78 Å². The summed E-state index contributed by atoms with van der Waals surface area (Å²) in [6.07, 6.45) is 0.957. The summed E-state index contributed by atoms with van der Waals surface area (Å²) in [4.78, 5) is 14.8. The van der Waals surface area contributed by atoms with Crippen molar-refractivity contribution in [1.29, 1.82) is 5.26 Å². The molecule has 0 bridgehead atoms. The van der Waals surface area contributed by atoms with Crippen LogP contribution in [-0.4, -0.2) is 5.78 Å². The molecule has 0 fully saturated rings. The number of Topliss-reactive ketones (excluding diaryl/α,β-unsaturated/α-hetero) is 1. The maximum atomic E-state index is 14.7. The van der Waals surface area contributed by atoms with Gasteiger partial charge in [0.25, 0.3) is 0 Å². The van der Waals surface area contributed by atoms with Gasteiger partial charge in [0.2, 0.25) is 0 Å². The Morgan fingerprint density at radius 3 is 2.68 bits per heavy atom. The molecule has 0 spiro atoms. The van der Waals surface area contributed by atoms with Crippen molar-refractivity contribution in [3.63, 3.8) is 0 Å². The molecule has 2 heterocycles. The number of anilines is 1. The van der Waals surface area contributed by atoms with Crippen LogP contribution >= 0.6 is 11.3 Å². The first-order chi connectivity index (χ1) is 13.3. The lowest BCUT2D eigenvalue weighted by Crippen LogP contribution is -2.42. The van der Waals surface area contributed by atoms with E-state index in [2.05, 4.69) is 6.07 Å². The van der Waals surface area contributed by atoms with Crippen LogP contribution in [0.5, 0.6) is 0 Å². The summed E-state index contributed by atoms with van der Waals surface area (Å²) in [5.74, 6) is -0.769. The molecule has 1 unspecified atom stereocenters. The van der Waals surface area contributed by atoms with Gasteiger partial charge in [-0.3, -0.25) is 9.69 Å². The normalized spacial score (nSPS) is 21.6. The molecular formula is C22H20FN3OS. The highest BCUT2D eigenvalue weighted by Gasteiger charge is 2.45. The number of hydrogen-bond acceptors (Lipinski definition) is 5. The van der Waals surface area contributed by atoms with Crippen LogP contribution in [0.1, 0.15) is 38.2 Å². The summed E-state index contributed by atoms with van der Waals surface area (Å²) >= 11 is 1.51. The van der Waals surface area contributed by atoms with Gasteiger partial charge >= 0.3 is 0 Å². The second kappa shape index (κ2) is 6.61. The summed E-state index contributed by atoms with van der Waals surface area (Å²) in [7, 11) is 0. The van der Waals surface area contributed by atoms with E-state index in [0.717, 1.165) is 5.56 Å². The van der Waals surface area contributed by atoms with Gasteiger partial charge < -0.3 is 5.73 Å². The molecule has 28 heavy (non-hydrogen) atoms. The Kier molecular flexibility index (Phi) is 4.35. The van der Waals surface area contributed by atoms with Gasteiger partial charge in [-0.15, -0.1) is 0 Å². The quantitative estimate of drug-likeness (QED) is 0.793. The van der Waals surface area contributed by atoms with E-state index in [1.807, 2.05) is 30.7 Å². The molecule has 1 atom stereocenters. The number of ketones is 1. The van der Waals surface area contributed by atoms with Crippen LogP contribution in [0.15, 0.2) is 63.8 Å². The Balaban J connectivity index is 2.02. The van der Waals surface area contributed by atoms with E-state index in [9.17, 15) is 14.4 Å². The molecule has 142 valence electrons. The maximum Gasteiger partial charge on any atom is 0.162 e. The van der Waals surface area contributed by atoms with Crippen molar-refractivity contribution < 1.29 is 9.18 Å². The van der Waals surface area contributed by atoms with Gasteiger partial charge in [-0.2, -0.15) is 16.6 Å². The summed E-state index contributed by atoms with van der Waals surface area (Å²) in [5, 5.41) is 13.8. The fourth-order valence-corrected chi connectivity index (χ4v) is 4.88. The van der Waals surface area contributed by atoms with Crippen LogP contribution in [0, 0.1) is 22.6 Å². The minimum absolute atomic E-state index is 0.0101. The van der Waals surface area contributed by atoms with Gasteiger partial charge in [0.1, 0.15) is 11.6 Å². The van der Waals surface area contributed by atoms with Crippen molar-refractivity contribution in [3.8, 4) is 6.07 Å². The predicted molar refractivity (Wildman–Crippen MR) is 108 cm³/mol. The number of carbonyl (C=O) groups excluding carboxylic acids is 1. The molecule has 2 N–H and O–H groups in total. The molecule has 6 heteroatoms. The number of halogens is 1. The highest BCUT2D eigenvalue weighted by atomic mass is 32.1. The van der Waals surface area contributed by atoms with Crippen LogP contribution in [0.2, 0.25) is 0 Å². The van der Waals surface area contributed by atoms with E-state index in [1.54, 1.807) is 23.1 Å². The topological polar surface area (TPSA) is 70.1 Å². The SMILES string of the molecule is CC1(C)CC(=O)C2=C(C1)N(c1ccccc1F)C(N)=C(C#N)C2c1ccsc1. The first kappa shape index (κ1) is 18.5. The Labute approximate surface area is 167 Å². The van der Waals surface area contributed by atoms with Gasteiger partial charge in [0, 0.05) is 17.7 Å². The average Bonchev–Trinajstić information content (AvgIpc) is 3.15. The van der Waals surface area contributed by atoms with Gasteiger partial charge in [-0.25, -0.2) is 4.39 Å². The van der Waals surface area contributed by atoms with Gasteiger partial charge in [-0.05, 0) is 46.4 Å². The van der Waals surface area contributed by atoms with Crippen molar-refractivity contribution in [2.75, 3.05) is 4.90 Å². The molecule has 4 rings (SSSR count). The Morgan fingerprint density at radius 1 is 1.29 bits per heavy atom.